The maximum Gasteiger partial charge on any atom is 0.233 e. The molecule has 9 N–H and O–H groups in total. The molecule has 2 saturated heterocycles. The Kier molecular flexibility index (Phi) is 5.37. The third-order valence-corrected chi connectivity index (χ3v) is 5.12. The second kappa shape index (κ2) is 7.95. The average Bonchev–Trinajstić information content (AvgIpc) is 3.01. The van der Waals surface area contributed by atoms with Crippen LogP contribution in [0.1, 0.15) is 6.42 Å². The number of piperidine rings is 1. The van der Waals surface area contributed by atoms with E-state index in [-0.39, 0.29) is 25.2 Å². The summed E-state index contributed by atoms with van der Waals surface area (Å²) < 4.78 is 0. The number of rotatable bonds is 4. The highest BCUT2D eigenvalue weighted by molar-refractivity contribution is 5.59. The van der Waals surface area contributed by atoms with Gasteiger partial charge < -0.3 is 42.5 Å². The molecule has 2 aliphatic rings. The van der Waals surface area contributed by atoms with Gasteiger partial charge in [0.2, 0.25) is 17.8 Å². The van der Waals surface area contributed by atoms with E-state index < -0.39 is 12.2 Å². The number of anilines is 5. The van der Waals surface area contributed by atoms with Gasteiger partial charge in [-0.3, -0.25) is 0 Å². The Morgan fingerprint density at radius 2 is 1.34 bits per heavy atom. The van der Waals surface area contributed by atoms with Gasteiger partial charge in [-0.2, -0.15) is 15.0 Å². The number of nitrogens with two attached hydrogens (primary N) is 3. The average molecular weight is 401 g/mol. The topological polar surface area (TPSA) is 176 Å². The van der Waals surface area contributed by atoms with Crippen LogP contribution in [-0.4, -0.2) is 75.6 Å². The van der Waals surface area contributed by atoms with E-state index in [9.17, 15) is 10.2 Å². The summed E-state index contributed by atoms with van der Waals surface area (Å²) in [5, 5.41) is 23.0. The molecular formula is C18H27N9O2. The molecule has 3 heterocycles. The zero-order valence-electron chi connectivity index (χ0n) is 16.0. The Morgan fingerprint density at radius 1 is 0.828 bits per heavy atom. The van der Waals surface area contributed by atoms with Crippen LogP contribution in [0.2, 0.25) is 0 Å². The molecule has 1 aromatic carbocycles. The lowest BCUT2D eigenvalue weighted by Gasteiger charge is -2.35. The summed E-state index contributed by atoms with van der Waals surface area (Å²) in [6.45, 7) is 1.66. The molecular weight excluding hydrogens is 374 g/mol. The third-order valence-electron chi connectivity index (χ3n) is 5.12. The van der Waals surface area contributed by atoms with Gasteiger partial charge in [0.15, 0.2) is 0 Å². The highest BCUT2D eigenvalue weighted by Crippen LogP contribution is 2.24. The van der Waals surface area contributed by atoms with Crippen LogP contribution in [0.5, 0.6) is 0 Å². The first kappa shape index (κ1) is 19.6. The maximum absolute atomic E-state index is 9.91. The van der Waals surface area contributed by atoms with E-state index in [4.69, 9.17) is 17.2 Å². The Bertz CT molecular complexity index is 830. The summed E-state index contributed by atoms with van der Waals surface area (Å²) in [5.74, 6) is 1.17. The minimum absolute atomic E-state index is 0.0668. The number of aliphatic hydroxyl groups excluding tert-OH is 2. The first-order chi connectivity index (χ1) is 13.9. The molecule has 0 aliphatic carbocycles. The monoisotopic (exact) mass is 401 g/mol. The fourth-order valence-electron chi connectivity index (χ4n) is 3.66. The van der Waals surface area contributed by atoms with Gasteiger partial charge in [0.05, 0.1) is 12.2 Å². The largest absolute Gasteiger partial charge is 0.399 e. The number of aliphatic hydroxyl groups is 2. The van der Waals surface area contributed by atoms with Crippen molar-refractivity contribution in [3.63, 3.8) is 0 Å². The summed E-state index contributed by atoms with van der Waals surface area (Å²) in [7, 11) is 0. The van der Waals surface area contributed by atoms with Crippen LogP contribution in [0.15, 0.2) is 24.3 Å². The minimum Gasteiger partial charge on any atom is -0.399 e. The zero-order valence-corrected chi connectivity index (χ0v) is 16.0. The second-order valence-electron chi connectivity index (χ2n) is 7.71. The van der Waals surface area contributed by atoms with E-state index >= 15 is 0 Å². The van der Waals surface area contributed by atoms with E-state index in [0.29, 0.717) is 36.6 Å². The van der Waals surface area contributed by atoms with Gasteiger partial charge in [0, 0.05) is 49.6 Å². The summed E-state index contributed by atoms with van der Waals surface area (Å²) in [4.78, 5) is 17.3. The molecule has 0 radical (unpaired) electrons. The first-order valence-electron chi connectivity index (χ1n) is 9.63. The van der Waals surface area contributed by atoms with Crippen molar-refractivity contribution in [3.05, 3.63) is 24.3 Å². The minimum atomic E-state index is -0.847. The lowest BCUT2D eigenvalue weighted by Crippen LogP contribution is -2.53. The summed E-state index contributed by atoms with van der Waals surface area (Å²) in [6.07, 6.45) is -0.948. The number of nitrogens with one attached hydrogen (secondary N) is 1. The van der Waals surface area contributed by atoms with Gasteiger partial charge in [0.1, 0.15) is 0 Å². The number of aromatic nitrogens is 3. The smallest absolute Gasteiger partial charge is 0.233 e. The molecule has 2 aromatic rings. The Balaban J connectivity index is 1.66. The Hall–Kier alpha value is -2.73. The van der Waals surface area contributed by atoms with Gasteiger partial charge in [-0.15, -0.1) is 0 Å². The van der Waals surface area contributed by atoms with E-state index in [1.54, 1.807) is 17.0 Å². The van der Waals surface area contributed by atoms with E-state index in [1.807, 2.05) is 17.0 Å². The summed E-state index contributed by atoms with van der Waals surface area (Å²) in [5.41, 5.74) is 19.4. The van der Waals surface area contributed by atoms with E-state index in [0.717, 1.165) is 12.1 Å². The quantitative estimate of drug-likeness (QED) is 0.332. The second-order valence-corrected chi connectivity index (χ2v) is 7.71. The highest BCUT2D eigenvalue weighted by Gasteiger charge is 2.32. The molecule has 1 aromatic heterocycles. The molecule has 156 valence electrons. The molecule has 29 heavy (non-hydrogen) atoms. The van der Waals surface area contributed by atoms with Gasteiger partial charge in [-0.05, 0) is 30.7 Å². The van der Waals surface area contributed by atoms with Crippen LogP contribution in [0.3, 0.4) is 0 Å². The van der Waals surface area contributed by atoms with Gasteiger partial charge in [-0.1, -0.05) is 0 Å². The van der Waals surface area contributed by atoms with Gasteiger partial charge in [-0.25, -0.2) is 0 Å². The van der Waals surface area contributed by atoms with Crippen molar-refractivity contribution in [2.45, 2.75) is 30.7 Å². The number of nitrogen functional groups attached to an aromatic ring is 1. The van der Waals surface area contributed by atoms with Crippen molar-refractivity contribution in [1.29, 1.82) is 0 Å². The first-order valence-corrected chi connectivity index (χ1v) is 9.63. The predicted octanol–water partition coefficient (Wildman–Crippen LogP) is -1.40. The van der Waals surface area contributed by atoms with Crippen molar-refractivity contribution in [2.75, 3.05) is 47.0 Å². The third kappa shape index (κ3) is 4.48. The normalized spacial score (nSPS) is 27.3. The molecule has 0 bridgehead atoms. The summed E-state index contributed by atoms with van der Waals surface area (Å²) in [6, 6.07) is 7.08. The molecule has 2 aliphatic heterocycles. The molecule has 4 atom stereocenters. The van der Waals surface area contributed by atoms with E-state index in [2.05, 4.69) is 20.3 Å². The molecule has 11 nitrogen and oxygen atoms in total. The lowest BCUT2D eigenvalue weighted by atomic mass is 10.0. The fourth-order valence-corrected chi connectivity index (χ4v) is 3.66. The van der Waals surface area contributed by atoms with Gasteiger partial charge >= 0.3 is 0 Å². The molecule has 0 saturated carbocycles. The Labute approximate surface area is 168 Å². The van der Waals surface area contributed by atoms with Crippen LogP contribution in [0.4, 0.5) is 29.2 Å². The van der Waals surface area contributed by atoms with Crippen LogP contribution >= 0.6 is 0 Å². The summed E-state index contributed by atoms with van der Waals surface area (Å²) >= 11 is 0. The van der Waals surface area contributed by atoms with Crippen LogP contribution < -0.4 is 32.3 Å². The van der Waals surface area contributed by atoms with Crippen molar-refractivity contribution < 1.29 is 10.2 Å². The van der Waals surface area contributed by atoms with E-state index in [1.165, 1.54) is 0 Å². The molecule has 2 fully saturated rings. The Morgan fingerprint density at radius 3 is 1.90 bits per heavy atom. The fraction of sp³-hybridized carbons (Fsp3) is 0.500. The lowest BCUT2D eigenvalue weighted by molar-refractivity contribution is 0.0572. The van der Waals surface area contributed by atoms with Crippen LogP contribution in [0, 0.1) is 0 Å². The zero-order chi connectivity index (χ0) is 20.5. The highest BCUT2D eigenvalue weighted by atomic mass is 16.3. The SMILES string of the molecule is Nc1ccc(Nc2nc(N3C[C@H](N)C[C@H](N)C3)nc(N3C[C@@H](O)[C@@H](O)C3)n2)cc1. The predicted molar refractivity (Wildman–Crippen MR) is 111 cm³/mol. The molecule has 0 amide bonds. The number of hydrogen-bond acceptors (Lipinski definition) is 11. The molecule has 11 heteroatoms. The van der Waals surface area contributed by atoms with Crippen molar-refractivity contribution in [2.24, 2.45) is 11.5 Å². The molecule has 0 spiro atoms. The number of benzene rings is 1. The van der Waals surface area contributed by atoms with Crippen molar-refractivity contribution in [1.82, 2.24) is 15.0 Å². The number of nitrogens with zero attached hydrogens (tertiary/aromatic N) is 5. The maximum atomic E-state index is 9.91. The van der Waals surface area contributed by atoms with Crippen molar-refractivity contribution >= 4 is 29.2 Å². The van der Waals surface area contributed by atoms with Gasteiger partial charge in [0.25, 0.3) is 0 Å². The standard InChI is InChI=1S/C18H27N9O2/c19-10-1-3-13(4-2-10)22-16-23-17(26-6-11(20)5-12(21)7-26)25-18(24-16)27-8-14(28)15(29)9-27/h1-4,11-12,14-15,28-29H,5-9,19-21H2,(H,22,23,24,25)/t11-,12+,14-,15+. The molecule has 4 rings (SSSR count). The molecule has 0 unspecified atom stereocenters. The van der Waals surface area contributed by atoms with Crippen LogP contribution in [-0.2, 0) is 0 Å². The van der Waals surface area contributed by atoms with Crippen LogP contribution in [0.25, 0.3) is 0 Å². The van der Waals surface area contributed by atoms with Crippen molar-refractivity contribution in [3.8, 4) is 0 Å². The number of hydrogen-bond donors (Lipinski definition) is 6. The number of β-amino-alcohol motifs (C(OH)–C–C–N with tert-alkyl or cyclic N) is 2.